The Bertz CT molecular complexity index is 1240. The summed E-state index contributed by atoms with van der Waals surface area (Å²) in [6.07, 6.45) is 6.75. The summed E-state index contributed by atoms with van der Waals surface area (Å²) in [5.41, 5.74) is 4.03. The van der Waals surface area contributed by atoms with Crippen LogP contribution in [0.25, 0.3) is 23.0 Å². The number of aromatic nitrogens is 3. The number of hydrogen-bond acceptors (Lipinski definition) is 4. The van der Waals surface area contributed by atoms with E-state index in [-0.39, 0.29) is 5.57 Å². The number of rotatable bonds is 6. The summed E-state index contributed by atoms with van der Waals surface area (Å²) < 4.78 is 1.73. The Morgan fingerprint density at radius 1 is 1.00 bits per heavy atom. The number of nitrogens with one attached hydrogen (secondary N) is 1. The second-order valence-corrected chi connectivity index (χ2v) is 6.79. The van der Waals surface area contributed by atoms with Crippen molar-refractivity contribution >= 4 is 12.0 Å². The third-order valence-electron chi connectivity index (χ3n) is 4.68. The lowest BCUT2D eigenvalue weighted by Crippen LogP contribution is -2.23. The van der Waals surface area contributed by atoms with E-state index >= 15 is 0 Å². The highest BCUT2D eigenvalue weighted by molar-refractivity contribution is 6.02. The minimum absolute atomic E-state index is 0.0128. The summed E-state index contributed by atoms with van der Waals surface area (Å²) in [7, 11) is 0. The zero-order valence-electron chi connectivity index (χ0n) is 16.6. The van der Waals surface area contributed by atoms with Gasteiger partial charge in [0, 0.05) is 36.3 Å². The first-order valence-corrected chi connectivity index (χ1v) is 9.74. The van der Waals surface area contributed by atoms with Gasteiger partial charge in [0.1, 0.15) is 17.3 Å². The van der Waals surface area contributed by atoms with E-state index in [0.29, 0.717) is 17.8 Å². The van der Waals surface area contributed by atoms with Gasteiger partial charge < -0.3 is 5.32 Å². The Morgan fingerprint density at radius 3 is 2.35 bits per heavy atom. The summed E-state index contributed by atoms with van der Waals surface area (Å²) in [6, 6.07) is 24.9. The molecule has 2 aromatic carbocycles. The normalized spacial score (nSPS) is 11.0. The molecule has 0 atom stereocenters. The van der Waals surface area contributed by atoms with E-state index in [2.05, 4.69) is 10.3 Å². The number of benzene rings is 2. The van der Waals surface area contributed by atoms with Crippen LogP contribution in [0.15, 0.2) is 97.0 Å². The van der Waals surface area contributed by atoms with E-state index in [4.69, 9.17) is 5.10 Å². The predicted molar refractivity (Wildman–Crippen MR) is 119 cm³/mol. The maximum absolute atomic E-state index is 12.6. The number of amides is 1. The van der Waals surface area contributed by atoms with Gasteiger partial charge in [0.2, 0.25) is 0 Å². The van der Waals surface area contributed by atoms with Gasteiger partial charge in [0.25, 0.3) is 5.91 Å². The summed E-state index contributed by atoms with van der Waals surface area (Å²) in [5.74, 6) is -0.431. The number of pyridine rings is 1. The van der Waals surface area contributed by atoms with Crippen LogP contribution in [0, 0.1) is 11.3 Å². The molecule has 1 amide bonds. The maximum atomic E-state index is 12.6. The molecule has 0 unspecified atom stereocenters. The van der Waals surface area contributed by atoms with Crippen LogP contribution in [0.1, 0.15) is 11.1 Å². The van der Waals surface area contributed by atoms with Crippen LogP contribution >= 0.6 is 0 Å². The lowest BCUT2D eigenvalue weighted by molar-refractivity contribution is -0.117. The number of nitrogens with zero attached hydrogens (tertiary/aromatic N) is 4. The van der Waals surface area contributed by atoms with Gasteiger partial charge in [-0.3, -0.25) is 9.78 Å². The fourth-order valence-electron chi connectivity index (χ4n) is 3.12. The van der Waals surface area contributed by atoms with E-state index in [9.17, 15) is 10.1 Å². The summed E-state index contributed by atoms with van der Waals surface area (Å²) in [5, 5.41) is 17.1. The zero-order valence-corrected chi connectivity index (χ0v) is 16.6. The van der Waals surface area contributed by atoms with Crippen molar-refractivity contribution < 1.29 is 4.79 Å². The van der Waals surface area contributed by atoms with Crippen molar-refractivity contribution in [1.29, 1.82) is 5.26 Å². The average molecular weight is 405 g/mol. The third kappa shape index (κ3) is 4.74. The van der Waals surface area contributed by atoms with Crippen LogP contribution in [0.2, 0.25) is 0 Å². The molecule has 0 radical (unpaired) electrons. The Labute approximate surface area is 180 Å². The molecule has 1 N–H and O–H groups in total. The Balaban J connectivity index is 1.67. The molecule has 0 bridgehead atoms. The van der Waals surface area contributed by atoms with Gasteiger partial charge in [-0.15, -0.1) is 0 Å². The minimum Gasteiger partial charge on any atom is -0.347 e. The Kier molecular flexibility index (Phi) is 5.96. The minimum atomic E-state index is -0.431. The van der Waals surface area contributed by atoms with E-state index in [1.807, 2.05) is 85.1 Å². The Morgan fingerprint density at radius 2 is 1.68 bits per heavy atom. The molecule has 6 nitrogen and oxygen atoms in total. The third-order valence-corrected chi connectivity index (χ3v) is 4.68. The molecule has 0 spiro atoms. The fraction of sp³-hybridized carbons (Fsp3) is 0.0400. The van der Waals surface area contributed by atoms with Crippen molar-refractivity contribution in [1.82, 2.24) is 20.1 Å². The number of nitriles is 1. The average Bonchev–Trinajstić information content (AvgIpc) is 3.27. The van der Waals surface area contributed by atoms with Gasteiger partial charge in [0.15, 0.2) is 0 Å². The monoisotopic (exact) mass is 405 g/mol. The second kappa shape index (κ2) is 9.33. The molecule has 0 aliphatic rings. The molecular formula is C25H19N5O. The van der Waals surface area contributed by atoms with Gasteiger partial charge in [-0.25, -0.2) is 4.68 Å². The van der Waals surface area contributed by atoms with Crippen molar-refractivity contribution in [2.75, 3.05) is 0 Å². The van der Waals surface area contributed by atoms with Crippen molar-refractivity contribution in [3.63, 3.8) is 0 Å². The fourth-order valence-corrected chi connectivity index (χ4v) is 3.12. The molecular weight excluding hydrogens is 386 g/mol. The van der Waals surface area contributed by atoms with Crippen molar-refractivity contribution in [3.8, 4) is 23.0 Å². The maximum Gasteiger partial charge on any atom is 0.262 e. The number of carbonyl (C=O) groups excluding carboxylic acids is 1. The summed E-state index contributed by atoms with van der Waals surface area (Å²) in [4.78, 5) is 16.7. The molecule has 4 aromatic rings. The molecule has 150 valence electrons. The molecule has 0 fully saturated rings. The van der Waals surface area contributed by atoms with E-state index in [1.165, 1.54) is 0 Å². The van der Waals surface area contributed by atoms with Crippen LogP contribution < -0.4 is 5.32 Å². The van der Waals surface area contributed by atoms with E-state index < -0.39 is 5.91 Å². The van der Waals surface area contributed by atoms with Crippen molar-refractivity contribution in [2.24, 2.45) is 0 Å². The van der Waals surface area contributed by atoms with Crippen molar-refractivity contribution in [3.05, 3.63) is 108 Å². The smallest absolute Gasteiger partial charge is 0.262 e. The van der Waals surface area contributed by atoms with Crippen LogP contribution in [0.4, 0.5) is 0 Å². The molecule has 0 aliphatic carbocycles. The molecule has 0 saturated carbocycles. The molecule has 2 heterocycles. The lowest BCUT2D eigenvalue weighted by atomic mass is 10.1. The molecule has 31 heavy (non-hydrogen) atoms. The van der Waals surface area contributed by atoms with Crippen LogP contribution in [-0.2, 0) is 11.3 Å². The quantitative estimate of drug-likeness (QED) is 0.386. The molecule has 0 saturated heterocycles. The van der Waals surface area contributed by atoms with Gasteiger partial charge in [-0.1, -0.05) is 48.5 Å². The molecule has 6 heteroatoms. The SMILES string of the molecule is N#C/C(=C/c1cn(-c2ccccc2)nc1-c1ccncc1)C(=O)NCc1ccccc1. The number of hydrogen-bond donors (Lipinski definition) is 1. The lowest BCUT2D eigenvalue weighted by Gasteiger charge is -2.04. The molecule has 0 aliphatic heterocycles. The van der Waals surface area contributed by atoms with Crippen LogP contribution in [0.5, 0.6) is 0 Å². The highest BCUT2D eigenvalue weighted by Gasteiger charge is 2.15. The highest BCUT2D eigenvalue weighted by atomic mass is 16.1. The van der Waals surface area contributed by atoms with E-state index in [1.54, 1.807) is 23.2 Å². The van der Waals surface area contributed by atoms with Crippen molar-refractivity contribution in [2.45, 2.75) is 6.54 Å². The predicted octanol–water partition coefficient (Wildman–Crippen LogP) is 4.16. The number of para-hydroxylation sites is 1. The van der Waals surface area contributed by atoms with Gasteiger partial charge in [-0.2, -0.15) is 10.4 Å². The second-order valence-electron chi connectivity index (χ2n) is 6.79. The summed E-state index contributed by atoms with van der Waals surface area (Å²) >= 11 is 0. The molecule has 4 rings (SSSR count). The van der Waals surface area contributed by atoms with Crippen LogP contribution in [0.3, 0.4) is 0 Å². The standard InChI is InChI=1S/C25H19N5O/c26-16-21(25(31)28-17-19-7-3-1-4-8-19)15-22-18-30(23-9-5-2-6-10-23)29-24(22)20-11-13-27-14-12-20/h1-15,18H,17H2,(H,28,31)/b21-15-. The van der Waals surface area contributed by atoms with Gasteiger partial charge >= 0.3 is 0 Å². The first-order valence-electron chi connectivity index (χ1n) is 9.74. The first-order chi connectivity index (χ1) is 15.2. The summed E-state index contributed by atoms with van der Waals surface area (Å²) in [6.45, 7) is 0.346. The zero-order chi connectivity index (χ0) is 21.5. The largest absolute Gasteiger partial charge is 0.347 e. The Hall–Kier alpha value is -4.50. The van der Waals surface area contributed by atoms with E-state index in [0.717, 1.165) is 16.8 Å². The molecule has 2 aromatic heterocycles. The first kappa shape index (κ1) is 19.8. The van der Waals surface area contributed by atoms with Gasteiger partial charge in [0.05, 0.1) is 5.69 Å². The van der Waals surface area contributed by atoms with Crippen LogP contribution in [-0.4, -0.2) is 20.7 Å². The topological polar surface area (TPSA) is 83.6 Å². The highest BCUT2D eigenvalue weighted by Crippen LogP contribution is 2.25. The van der Waals surface area contributed by atoms with Gasteiger partial charge in [-0.05, 0) is 35.9 Å². The number of carbonyl (C=O) groups is 1.